The molecule has 2 aromatic carbocycles. The molecule has 0 bridgehead atoms. The molecule has 2 aromatic rings. The molecule has 0 aromatic heterocycles. The molecule has 2 aliphatic heterocycles. The van der Waals surface area contributed by atoms with E-state index in [0.29, 0.717) is 5.69 Å². The van der Waals surface area contributed by atoms with Crippen molar-refractivity contribution in [2.75, 3.05) is 11.4 Å². The number of anilines is 1. The number of aliphatic imine (C=N–C) groups is 1. The molecule has 0 unspecified atom stereocenters. The fraction of sp³-hybridized carbons (Fsp3) is 0.548. The second kappa shape index (κ2) is 10.2. The third kappa shape index (κ3) is 5.18. The number of amides is 2. The Kier molecular flexibility index (Phi) is 6.78. The topological polar surface area (TPSA) is 47.9 Å². The number of benzene rings is 2. The van der Waals surface area contributed by atoms with Gasteiger partial charge in [-0.2, -0.15) is 0 Å². The highest BCUT2D eigenvalue weighted by Gasteiger charge is 2.54. The van der Waals surface area contributed by atoms with Gasteiger partial charge in [0.15, 0.2) is 0 Å². The SMILES string of the molecule is C[C@H]1C[C@]2(CCN1Cc1cccc(CC3CC3)c1)C(=NC1CCCCC1)NC(=O)N2c1cccc(F)c1. The van der Waals surface area contributed by atoms with Crippen molar-refractivity contribution < 1.29 is 9.18 Å². The van der Waals surface area contributed by atoms with Gasteiger partial charge in [0, 0.05) is 24.8 Å². The molecular weight excluding hydrogens is 463 g/mol. The van der Waals surface area contributed by atoms with E-state index >= 15 is 0 Å². The lowest BCUT2D eigenvalue weighted by Gasteiger charge is -2.47. The summed E-state index contributed by atoms with van der Waals surface area (Å²) in [4.78, 5) is 22.9. The molecule has 196 valence electrons. The van der Waals surface area contributed by atoms with Crippen molar-refractivity contribution in [3.05, 3.63) is 65.5 Å². The third-order valence-corrected chi connectivity index (χ3v) is 8.92. The predicted molar refractivity (Wildman–Crippen MR) is 146 cm³/mol. The molecule has 1 spiro atoms. The Morgan fingerprint density at radius 2 is 1.81 bits per heavy atom. The van der Waals surface area contributed by atoms with Crippen LogP contribution in [0, 0.1) is 11.7 Å². The van der Waals surface area contributed by atoms with Crippen LogP contribution in [-0.4, -0.2) is 40.9 Å². The lowest BCUT2D eigenvalue weighted by Crippen LogP contribution is -2.59. The minimum atomic E-state index is -0.563. The van der Waals surface area contributed by atoms with Crippen molar-refractivity contribution >= 4 is 17.6 Å². The van der Waals surface area contributed by atoms with Crippen molar-refractivity contribution in [2.24, 2.45) is 10.9 Å². The zero-order valence-corrected chi connectivity index (χ0v) is 22.0. The summed E-state index contributed by atoms with van der Waals surface area (Å²) in [6.07, 6.45) is 11.3. The van der Waals surface area contributed by atoms with E-state index < -0.39 is 5.54 Å². The Morgan fingerprint density at radius 3 is 2.57 bits per heavy atom. The van der Waals surface area contributed by atoms with Crippen LogP contribution >= 0.6 is 0 Å². The fourth-order valence-electron chi connectivity index (χ4n) is 6.77. The predicted octanol–water partition coefficient (Wildman–Crippen LogP) is 6.46. The zero-order valence-electron chi connectivity index (χ0n) is 22.0. The van der Waals surface area contributed by atoms with E-state index in [1.165, 1.54) is 61.8 Å². The number of carbonyl (C=O) groups is 1. The lowest BCUT2D eigenvalue weighted by molar-refractivity contribution is 0.123. The summed E-state index contributed by atoms with van der Waals surface area (Å²) in [6.45, 7) is 4.03. The first-order valence-electron chi connectivity index (χ1n) is 14.3. The van der Waals surface area contributed by atoms with Crippen LogP contribution < -0.4 is 10.2 Å². The fourth-order valence-corrected chi connectivity index (χ4v) is 6.77. The first kappa shape index (κ1) is 24.6. The largest absolute Gasteiger partial charge is 0.328 e. The molecule has 0 radical (unpaired) electrons. The summed E-state index contributed by atoms with van der Waals surface area (Å²) < 4.78 is 14.3. The van der Waals surface area contributed by atoms with Crippen LogP contribution in [0.3, 0.4) is 0 Å². The van der Waals surface area contributed by atoms with Crippen molar-refractivity contribution in [1.82, 2.24) is 10.2 Å². The Labute approximate surface area is 220 Å². The van der Waals surface area contributed by atoms with Crippen molar-refractivity contribution in [3.8, 4) is 0 Å². The number of piperidine rings is 1. The number of likely N-dealkylation sites (tertiary alicyclic amines) is 1. The summed E-state index contributed by atoms with van der Waals surface area (Å²) in [5.41, 5.74) is 2.86. The Balaban J connectivity index is 1.27. The highest BCUT2D eigenvalue weighted by molar-refractivity contribution is 6.19. The maximum atomic E-state index is 14.3. The zero-order chi connectivity index (χ0) is 25.4. The van der Waals surface area contributed by atoms with Gasteiger partial charge in [0.2, 0.25) is 0 Å². The van der Waals surface area contributed by atoms with E-state index in [2.05, 4.69) is 41.4 Å². The normalized spacial score (nSPS) is 28.3. The number of hydrogen-bond donors (Lipinski definition) is 1. The third-order valence-electron chi connectivity index (χ3n) is 8.92. The monoisotopic (exact) mass is 502 g/mol. The molecule has 6 heteroatoms. The number of nitrogens with one attached hydrogen (secondary N) is 1. The van der Waals surface area contributed by atoms with Crippen molar-refractivity contribution in [3.63, 3.8) is 0 Å². The van der Waals surface area contributed by atoms with Crippen LogP contribution in [0.15, 0.2) is 53.5 Å². The molecule has 2 heterocycles. The van der Waals surface area contributed by atoms with E-state index in [1.807, 2.05) is 11.0 Å². The highest BCUT2D eigenvalue weighted by Crippen LogP contribution is 2.41. The number of carbonyl (C=O) groups excluding carboxylic acids is 1. The molecule has 4 aliphatic rings. The molecule has 2 amide bonds. The molecule has 1 N–H and O–H groups in total. The number of nitrogens with zero attached hydrogens (tertiary/aromatic N) is 3. The van der Waals surface area contributed by atoms with E-state index in [0.717, 1.165) is 50.5 Å². The molecule has 6 rings (SSSR count). The Morgan fingerprint density at radius 1 is 1.03 bits per heavy atom. The first-order valence-corrected chi connectivity index (χ1v) is 14.3. The molecule has 2 aliphatic carbocycles. The van der Waals surface area contributed by atoms with E-state index in [1.54, 1.807) is 6.07 Å². The number of amidine groups is 1. The summed E-state index contributed by atoms with van der Waals surface area (Å²) in [6, 6.07) is 15.8. The molecule has 2 saturated carbocycles. The van der Waals surface area contributed by atoms with Gasteiger partial charge in [-0.1, -0.05) is 49.6 Å². The summed E-state index contributed by atoms with van der Waals surface area (Å²) >= 11 is 0. The minimum Gasteiger partial charge on any atom is -0.296 e. The van der Waals surface area contributed by atoms with Gasteiger partial charge in [-0.3, -0.25) is 20.1 Å². The van der Waals surface area contributed by atoms with Gasteiger partial charge in [-0.15, -0.1) is 0 Å². The number of halogens is 1. The number of hydrogen-bond acceptors (Lipinski definition) is 3. The number of rotatable bonds is 6. The lowest BCUT2D eigenvalue weighted by atomic mass is 9.81. The van der Waals surface area contributed by atoms with Crippen LogP contribution in [0.2, 0.25) is 0 Å². The van der Waals surface area contributed by atoms with Gasteiger partial charge in [0.1, 0.15) is 17.2 Å². The van der Waals surface area contributed by atoms with Crippen LogP contribution in [-0.2, 0) is 13.0 Å². The van der Waals surface area contributed by atoms with Crippen LogP contribution in [0.5, 0.6) is 0 Å². The average Bonchev–Trinajstić information content (AvgIpc) is 3.66. The van der Waals surface area contributed by atoms with Gasteiger partial charge in [0.05, 0.1) is 6.04 Å². The molecule has 2 atom stereocenters. The second-order valence-electron chi connectivity index (χ2n) is 11.8. The van der Waals surface area contributed by atoms with Gasteiger partial charge >= 0.3 is 6.03 Å². The van der Waals surface area contributed by atoms with E-state index in [9.17, 15) is 9.18 Å². The Bertz CT molecular complexity index is 1170. The van der Waals surface area contributed by atoms with Gasteiger partial charge in [-0.05, 0) is 87.1 Å². The van der Waals surface area contributed by atoms with Crippen molar-refractivity contribution in [1.29, 1.82) is 0 Å². The molecule has 37 heavy (non-hydrogen) atoms. The van der Waals surface area contributed by atoms with Crippen LogP contribution in [0.4, 0.5) is 14.9 Å². The van der Waals surface area contributed by atoms with Gasteiger partial charge in [-0.25, -0.2) is 9.18 Å². The standard InChI is InChI=1S/C31H39FN4O/c1-22-20-31(15-16-35(22)21-25-8-5-7-24(18-25)17-23-13-14-23)29(33-27-10-3-2-4-11-27)34-30(37)36(31)28-12-6-9-26(32)19-28/h5-9,12,18-19,22-23,27H,2-4,10-11,13-17,20-21H2,1H3,(H,33,34,37)/t22-,31+/m0/s1. The van der Waals surface area contributed by atoms with E-state index in [4.69, 9.17) is 4.99 Å². The smallest absolute Gasteiger partial charge is 0.296 e. The maximum absolute atomic E-state index is 14.3. The quantitative estimate of drug-likeness (QED) is 0.493. The molecular formula is C31H39FN4O. The van der Waals surface area contributed by atoms with Crippen LogP contribution in [0.1, 0.15) is 75.8 Å². The Hall–Kier alpha value is -2.73. The minimum absolute atomic E-state index is 0.186. The van der Waals surface area contributed by atoms with Gasteiger partial charge in [0.25, 0.3) is 0 Å². The molecule has 5 nitrogen and oxygen atoms in total. The highest BCUT2D eigenvalue weighted by atomic mass is 19.1. The first-order chi connectivity index (χ1) is 18.0. The van der Waals surface area contributed by atoms with Crippen LogP contribution in [0.25, 0.3) is 0 Å². The molecule has 2 saturated heterocycles. The van der Waals surface area contributed by atoms with Gasteiger partial charge < -0.3 is 0 Å². The summed E-state index contributed by atoms with van der Waals surface area (Å²) in [5.74, 6) is 1.35. The molecule has 4 fully saturated rings. The number of urea groups is 1. The van der Waals surface area contributed by atoms with E-state index in [-0.39, 0.29) is 23.9 Å². The van der Waals surface area contributed by atoms with Crippen molar-refractivity contribution in [2.45, 2.75) is 95.3 Å². The maximum Gasteiger partial charge on any atom is 0.328 e. The summed E-state index contributed by atoms with van der Waals surface area (Å²) in [7, 11) is 0. The average molecular weight is 503 g/mol. The summed E-state index contributed by atoms with van der Waals surface area (Å²) in [5, 5.41) is 3.14. The second-order valence-corrected chi connectivity index (χ2v) is 11.8.